The molecule has 0 aliphatic carbocycles. The lowest BCUT2D eigenvalue weighted by molar-refractivity contribution is 0.0310. The molecule has 1 aromatic carbocycles. The van der Waals surface area contributed by atoms with Gasteiger partial charge in [-0.25, -0.2) is 0 Å². The zero-order valence-electron chi connectivity index (χ0n) is 18.0. The summed E-state index contributed by atoms with van der Waals surface area (Å²) in [4.78, 5) is 17.2. The van der Waals surface area contributed by atoms with Crippen LogP contribution < -0.4 is 9.64 Å². The first-order chi connectivity index (χ1) is 15.8. The van der Waals surface area contributed by atoms with E-state index in [9.17, 15) is 0 Å². The Hall–Kier alpha value is -3.36. The maximum absolute atomic E-state index is 6.07. The topological polar surface area (TPSA) is 79.7 Å². The van der Waals surface area contributed by atoms with Gasteiger partial charge >= 0.3 is 0 Å². The van der Waals surface area contributed by atoms with Crippen LogP contribution in [0.5, 0.6) is 5.88 Å². The lowest BCUT2D eigenvalue weighted by Crippen LogP contribution is -2.56. The summed E-state index contributed by atoms with van der Waals surface area (Å²) >= 11 is 0. The fraction of sp³-hybridized carbons (Fsp3) is 0.333. The second-order valence-electron chi connectivity index (χ2n) is 8.14. The highest BCUT2D eigenvalue weighted by Crippen LogP contribution is 2.32. The summed E-state index contributed by atoms with van der Waals surface area (Å²) in [6.07, 6.45) is 5.42. The molecule has 164 valence electrons. The molecule has 0 spiro atoms. The number of methoxy groups -OCH3 is 1. The van der Waals surface area contributed by atoms with Crippen molar-refractivity contribution in [2.24, 2.45) is 0 Å². The number of H-pyrrole nitrogens is 1. The minimum Gasteiger partial charge on any atom is -0.481 e. The third-order valence-electron chi connectivity index (χ3n) is 6.36. The number of hydrogen-bond donors (Lipinski definition) is 1. The van der Waals surface area contributed by atoms with Gasteiger partial charge in [-0.05, 0) is 30.2 Å². The Kier molecular flexibility index (Phi) is 4.81. The Labute approximate surface area is 185 Å². The molecule has 6 rings (SSSR count). The molecule has 1 unspecified atom stereocenters. The molecule has 1 atom stereocenters. The standard InChI is InChI=1S/C24H25N5O3/c1-30-21-7-6-17-18(14-25-23(17)27-21)16-8-10-28(11-9-16)22-15-31-13-12-29(22)24-26-19-4-2-3-5-20(19)32-24/h2-8,14,22H,9-13,15H2,1H3,(H,25,27). The average molecular weight is 431 g/mol. The molecule has 1 fully saturated rings. The SMILES string of the molecule is COc1ccc2c(C3=CCN(C4COCCN4c4nc5ccccc5o4)CC3)c[nH]c2n1. The van der Waals surface area contributed by atoms with E-state index in [1.54, 1.807) is 7.11 Å². The second-order valence-corrected chi connectivity index (χ2v) is 8.14. The number of aromatic amines is 1. The van der Waals surface area contributed by atoms with Gasteiger partial charge in [-0.2, -0.15) is 9.97 Å². The number of pyridine rings is 1. The smallest absolute Gasteiger partial charge is 0.299 e. The van der Waals surface area contributed by atoms with Gasteiger partial charge in [-0.1, -0.05) is 18.2 Å². The van der Waals surface area contributed by atoms with E-state index >= 15 is 0 Å². The van der Waals surface area contributed by atoms with Gasteiger partial charge in [0.05, 0.1) is 20.3 Å². The Balaban J connectivity index is 1.24. The fourth-order valence-electron chi connectivity index (χ4n) is 4.67. The van der Waals surface area contributed by atoms with Crippen LogP contribution in [0.2, 0.25) is 0 Å². The molecule has 3 aromatic heterocycles. The van der Waals surface area contributed by atoms with E-state index in [1.807, 2.05) is 36.5 Å². The molecule has 2 aliphatic heterocycles. The van der Waals surface area contributed by atoms with Gasteiger partial charge in [-0.15, -0.1) is 0 Å². The molecule has 8 nitrogen and oxygen atoms in total. The number of anilines is 1. The maximum Gasteiger partial charge on any atom is 0.299 e. The predicted octanol–water partition coefficient (Wildman–Crippen LogP) is 3.66. The summed E-state index contributed by atoms with van der Waals surface area (Å²) in [6, 6.07) is 12.6. The van der Waals surface area contributed by atoms with Crippen LogP contribution in [0.4, 0.5) is 6.01 Å². The fourth-order valence-corrected chi connectivity index (χ4v) is 4.67. The van der Waals surface area contributed by atoms with Crippen molar-refractivity contribution in [3.8, 4) is 5.88 Å². The summed E-state index contributed by atoms with van der Waals surface area (Å²) in [5.41, 5.74) is 5.11. The molecule has 4 aromatic rings. The summed E-state index contributed by atoms with van der Waals surface area (Å²) in [7, 11) is 1.63. The highest BCUT2D eigenvalue weighted by atomic mass is 16.5. The first-order valence-electron chi connectivity index (χ1n) is 11.0. The van der Waals surface area contributed by atoms with Crippen molar-refractivity contribution in [1.82, 2.24) is 19.9 Å². The molecular weight excluding hydrogens is 406 g/mol. The minimum absolute atomic E-state index is 0.100. The number of hydrogen-bond acceptors (Lipinski definition) is 7. The molecule has 0 bridgehead atoms. The van der Waals surface area contributed by atoms with Gasteiger partial charge < -0.3 is 23.8 Å². The molecule has 0 saturated carbocycles. The highest BCUT2D eigenvalue weighted by molar-refractivity contribution is 5.91. The third-order valence-corrected chi connectivity index (χ3v) is 6.36. The number of morpholine rings is 1. The van der Waals surface area contributed by atoms with Gasteiger partial charge in [0.25, 0.3) is 6.01 Å². The van der Waals surface area contributed by atoms with Crippen LogP contribution in [0.3, 0.4) is 0 Å². The summed E-state index contributed by atoms with van der Waals surface area (Å²) < 4.78 is 17.2. The Morgan fingerprint density at radius 2 is 2.06 bits per heavy atom. The Morgan fingerprint density at radius 3 is 2.91 bits per heavy atom. The van der Waals surface area contributed by atoms with Crippen molar-refractivity contribution in [2.45, 2.75) is 12.6 Å². The van der Waals surface area contributed by atoms with Crippen molar-refractivity contribution >= 4 is 33.7 Å². The highest BCUT2D eigenvalue weighted by Gasteiger charge is 2.32. The van der Waals surface area contributed by atoms with Gasteiger partial charge in [0.15, 0.2) is 5.58 Å². The van der Waals surface area contributed by atoms with E-state index in [2.05, 4.69) is 31.9 Å². The predicted molar refractivity (Wildman–Crippen MR) is 123 cm³/mol. The van der Waals surface area contributed by atoms with Gasteiger partial charge in [0.2, 0.25) is 5.88 Å². The van der Waals surface area contributed by atoms with Crippen molar-refractivity contribution in [2.75, 3.05) is 44.9 Å². The molecule has 0 amide bonds. The van der Waals surface area contributed by atoms with Crippen LogP contribution in [0.1, 0.15) is 12.0 Å². The van der Waals surface area contributed by atoms with E-state index < -0.39 is 0 Å². The quantitative estimate of drug-likeness (QED) is 0.528. The molecule has 2 aliphatic rings. The van der Waals surface area contributed by atoms with E-state index in [1.165, 1.54) is 11.1 Å². The number of oxazole rings is 1. The lowest BCUT2D eigenvalue weighted by atomic mass is 9.99. The number of fused-ring (bicyclic) bond motifs is 2. The molecule has 1 saturated heterocycles. The van der Waals surface area contributed by atoms with Crippen molar-refractivity contribution in [3.05, 3.63) is 54.2 Å². The van der Waals surface area contributed by atoms with E-state index in [-0.39, 0.29) is 6.17 Å². The number of benzene rings is 1. The molecule has 32 heavy (non-hydrogen) atoms. The summed E-state index contributed by atoms with van der Waals surface area (Å²) in [6.45, 7) is 3.86. The van der Waals surface area contributed by atoms with Crippen LogP contribution in [-0.4, -0.2) is 66.0 Å². The third kappa shape index (κ3) is 3.32. The van der Waals surface area contributed by atoms with Gasteiger partial charge in [0, 0.05) is 42.8 Å². The largest absolute Gasteiger partial charge is 0.481 e. The van der Waals surface area contributed by atoms with E-state index in [0.717, 1.165) is 48.2 Å². The number of nitrogens with one attached hydrogen (secondary N) is 1. The van der Waals surface area contributed by atoms with Crippen LogP contribution in [0.25, 0.3) is 27.7 Å². The number of rotatable bonds is 4. The minimum atomic E-state index is 0.100. The zero-order valence-corrected chi connectivity index (χ0v) is 18.0. The maximum atomic E-state index is 6.07. The van der Waals surface area contributed by atoms with Crippen LogP contribution in [0.15, 0.2) is 53.1 Å². The summed E-state index contributed by atoms with van der Waals surface area (Å²) in [5, 5.41) is 1.12. The number of aromatic nitrogens is 3. The zero-order chi connectivity index (χ0) is 21.5. The number of nitrogens with zero attached hydrogens (tertiary/aromatic N) is 4. The van der Waals surface area contributed by atoms with E-state index in [0.29, 0.717) is 25.1 Å². The van der Waals surface area contributed by atoms with Gasteiger partial charge in [-0.3, -0.25) is 4.90 Å². The molecule has 5 heterocycles. The van der Waals surface area contributed by atoms with Crippen molar-refractivity contribution < 1.29 is 13.9 Å². The number of para-hydroxylation sites is 2. The van der Waals surface area contributed by atoms with Crippen LogP contribution in [-0.2, 0) is 4.74 Å². The monoisotopic (exact) mass is 431 g/mol. The summed E-state index contributed by atoms with van der Waals surface area (Å²) in [5.74, 6) is 0.617. The lowest BCUT2D eigenvalue weighted by Gasteiger charge is -2.42. The van der Waals surface area contributed by atoms with E-state index in [4.69, 9.17) is 18.9 Å². The molecular formula is C24H25N5O3. The molecule has 8 heteroatoms. The van der Waals surface area contributed by atoms with Crippen LogP contribution >= 0.6 is 0 Å². The van der Waals surface area contributed by atoms with Gasteiger partial charge in [0.1, 0.15) is 17.3 Å². The second kappa shape index (κ2) is 7.96. The molecule has 0 radical (unpaired) electrons. The Bertz CT molecular complexity index is 1260. The van der Waals surface area contributed by atoms with Crippen molar-refractivity contribution in [1.29, 1.82) is 0 Å². The number of ether oxygens (including phenoxy) is 2. The first kappa shape index (κ1) is 19.3. The first-order valence-corrected chi connectivity index (χ1v) is 11.0. The average Bonchev–Trinajstić information content (AvgIpc) is 3.48. The Morgan fingerprint density at radius 1 is 1.12 bits per heavy atom. The normalized spacial score (nSPS) is 20.1. The van der Waals surface area contributed by atoms with Crippen molar-refractivity contribution in [3.63, 3.8) is 0 Å². The van der Waals surface area contributed by atoms with Crippen LogP contribution in [0, 0.1) is 0 Å². The molecule has 1 N–H and O–H groups in total.